The lowest BCUT2D eigenvalue weighted by atomic mass is 10.0. The summed E-state index contributed by atoms with van der Waals surface area (Å²) in [5, 5.41) is 4.76. The second-order valence-electron chi connectivity index (χ2n) is 6.41. The highest BCUT2D eigenvalue weighted by atomic mass is 32.1. The monoisotopic (exact) mass is 379 g/mol. The minimum absolute atomic E-state index is 0.00325. The van der Waals surface area contributed by atoms with E-state index in [1.54, 1.807) is 6.07 Å². The topological polar surface area (TPSA) is 114 Å². The van der Waals surface area contributed by atoms with Crippen LogP contribution in [0.25, 0.3) is 0 Å². The molecule has 1 amide bonds. The Bertz CT molecular complexity index is 808. The van der Waals surface area contributed by atoms with E-state index in [1.807, 2.05) is 20.8 Å². The standard InChI is InChI=1S/C17H22FN5O2S/c1-9(2)4-11(8-24)23(20)15-7-14(12(17(19)25)6-13(15)18)21-16-5-10(3)22-26-16/h5-9,11,21H,4,20H2,1-3H3,(H2,19,25)/t11-/m1/s1. The molecule has 7 nitrogen and oxygen atoms in total. The van der Waals surface area contributed by atoms with Crippen molar-refractivity contribution in [3.05, 3.63) is 35.3 Å². The van der Waals surface area contributed by atoms with Crippen LogP contribution < -0.4 is 21.9 Å². The van der Waals surface area contributed by atoms with Crippen LogP contribution in [-0.2, 0) is 4.79 Å². The Hall–Kier alpha value is -2.52. The summed E-state index contributed by atoms with van der Waals surface area (Å²) in [6, 6.07) is 3.49. The number of aldehydes is 1. The van der Waals surface area contributed by atoms with Crippen LogP contribution in [-0.4, -0.2) is 22.6 Å². The minimum atomic E-state index is -0.781. The molecule has 5 N–H and O–H groups in total. The molecule has 0 spiro atoms. The van der Waals surface area contributed by atoms with Crippen molar-refractivity contribution in [3.8, 4) is 0 Å². The predicted molar refractivity (Wildman–Crippen MR) is 101 cm³/mol. The van der Waals surface area contributed by atoms with Crippen LogP contribution in [0.1, 0.15) is 36.3 Å². The van der Waals surface area contributed by atoms with Crippen LogP contribution in [0.3, 0.4) is 0 Å². The maximum absolute atomic E-state index is 14.5. The van der Waals surface area contributed by atoms with Crippen molar-refractivity contribution >= 4 is 40.1 Å². The van der Waals surface area contributed by atoms with E-state index in [4.69, 9.17) is 11.6 Å². The Balaban J connectivity index is 2.45. The third-order valence-electron chi connectivity index (χ3n) is 3.74. The number of nitrogens with two attached hydrogens (primary N) is 2. The molecule has 0 aliphatic heterocycles. The molecule has 0 unspecified atom stereocenters. The number of amides is 1. The highest BCUT2D eigenvalue weighted by molar-refractivity contribution is 7.10. The van der Waals surface area contributed by atoms with Gasteiger partial charge >= 0.3 is 0 Å². The second kappa shape index (κ2) is 8.24. The van der Waals surface area contributed by atoms with Gasteiger partial charge in [-0.2, -0.15) is 4.37 Å². The zero-order valence-electron chi connectivity index (χ0n) is 14.8. The van der Waals surface area contributed by atoms with Crippen LogP contribution in [0.15, 0.2) is 18.2 Å². The van der Waals surface area contributed by atoms with Crippen molar-refractivity contribution in [3.63, 3.8) is 0 Å². The summed E-state index contributed by atoms with van der Waals surface area (Å²) in [7, 11) is 0. The van der Waals surface area contributed by atoms with Crippen molar-refractivity contribution in [1.29, 1.82) is 0 Å². The highest BCUT2D eigenvalue weighted by Crippen LogP contribution is 2.31. The van der Waals surface area contributed by atoms with Gasteiger partial charge < -0.3 is 15.8 Å². The van der Waals surface area contributed by atoms with Crippen molar-refractivity contribution < 1.29 is 14.0 Å². The first kappa shape index (κ1) is 19.8. The summed E-state index contributed by atoms with van der Waals surface area (Å²) in [4.78, 5) is 23.1. The van der Waals surface area contributed by atoms with Crippen LogP contribution in [0.5, 0.6) is 0 Å². The van der Waals surface area contributed by atoms with Gasteiger partial charge in [0, 0.05) is 0 Å². The number of carbonyl (C=O) groups is 2. The molecule has 0 radical (unpaired) electrons. The molecule has 0 saturated carbocycles. The number of aromatic nitrogens is 1. The van der Waals surface area contributed by atoms with E-state index in [-0.39, 0.29) is 17.2 Å². The van der Waals surface area contributed by atoms with E-state index in [0.29, 0.717) is 23.4 Å². The van der Waals surface area contributed by atoms with E-state index >= 15 is 0 Å². The summed E-state index contributed by atoms with van der Waals surface area (Å²) < 4.78 is 18.7. The van der Waals surface area contributed by atoms with Crippen LogP contribution >= 0.6 is 11.5 Å². The zero-order valence-corrected chi connectivity index (χ0v) is 15.6. The first-order valence-electron chi connectivity index (χ1n) is 8.05. The number of hydrazine groups is 1. The van der Waals surface area contributed by atoms with E-state index in [0.717, 1.165) is 16.8 Å². The van der Waals surface area contributed by atoms with Gasteiger partial charge in [-0.3, -0.25) is 9.80 Å². The fourth-order valence-electron chi connectivity index (χ4n) is 2.52. The number of hydrogen-bond donors (Lipinski definition) is 3. The lowest BCUT2D eigenvalue weighted by Gasteiger charge is -2.27. The summed E-state index contributed by atoms with van der Waals surface area (Å²) in [6.07, 6.45) is 1.15. The maximum Gasteiger partial charge on any atom is 0.250 e. The minimum Gasteiger partial charge on any atom is -0.366 e. The SMILES string of the molecule is Cc1cc(Nc2cc(N(N)[C@@H](C=O)CC(C)C)c(F)cc2C(N)=O)sn1. The smallest absolute Gasteiger partial charge is 0.250 e. The molecule has 2 aromatic rings. The molecule has 0 bridgehead atoms. The molecule has 1 heterocycles. The molecular formula is C17H22FN5O2S. The Morgan fingerprint density at radius 3 is 2.62 bits per heavy atom. The number of hydrogen-bond acceptors (Lipinski definition) is 7. The Morgan fingerprint density at radius 2 is 2.12 bits per heavy atom. The molecule has 0 aliphatic rings. The van der Waals surface area contributed by atoms with Crippen LogP contribution in [0, 0.1) is 18.7 Å². The number of rotatable bonds is 8. The van der Waals surface area contributed by atoms with Crippen LogP contribution in [0.4, 0.5) is 20.8 Å². The lowest BCUT2D eigenvalue weighted by Crippen LogP contribution is -2.43. The van der Waals surface area contributed by atoms with Gasteiger partial charge in [-0.05, 0) is 49.0 Å². The number of anilines is 3. The Labute approximate surface area is 155 Å². The van der Waals surface area contributed by atoms with Crippen molar-refractivity contribution in [1.82, 2.24) is 4.37 Å². The number of nitrogens with zero attached hydrogens (tertiary/aromatic N) is 2. The summed E-state index contributed by atoms with van der Waals surface area (Å²) >= 11 is 1.19. The van der Waals surface area contributed by atoms with Crippen molar-refractivity contribution in [2.45, 2.75) is 33.2 Å². The molecule has 26 heavy (non-hydrogen) atoms. The quantitative estimate of drug-likeness (QED) is 0.369. The van der Waals surface area contributed by atoms with E-state index in [2.05, 4.69) is 9.69 Å². The average Bonchev–Trinajstić information content (AvgIpc) is 2.97. The largest absolute Gasteiger partial charge is 0.366 e. The maximum atomic E-state index is 14.5. The first-order chi connectivity index (χ1) is 12.2. The van der Waals surface area contributed by atoms with E-state index in [9.17, 15) is 14.0 Å². The van der Waals surface area contributed by atoms with Gasteiger partial charge in [0.1, 0.15) is 23.1 Å². The first-order valence-corrected chi connectivity index (χ1v) is 8.83. The molecule has 0 saturated heterocycles. The number of primary amides is 1. The third-order valence-corrected chi connectivity index (χ3v) is 4.54. The molecule has 140 valence electrons. The molecule has 0 fully saturated rings. The molecule has 2 rings (SSSR count). The second-order valence-corrected chi connectivity index (χ2v) is 7.22. The fourth-order valence-corrected chi connectivity index (χ4v) is 3.19. The lowest BCUT2D eigenvalue weighted by molar-refractivity contribution is -0.109. The number of benzene rings is 1. The van der Waals surface area contributed by atoms with Crippen LogP contribution in [0.2, 0.25) is 0 Å². The van der Waals surface area contributed by atoms with Crippen molar-refractivity contribution in [2.24, 2.45) is 17.5 Å². The summed E-state index contributed by atoms with van der Waals surface area (Å²) in [5.41, 5.74) is 6.44. The summed E-state index contributed by atoms with van der Waals surface area (Å²) in [6.45, 7) is 5.71. The van der Waals surface area contributed by atoms with E-state index in [1.165, 1.54) is 17.6 Å². The number of aryl methyl sites for hydroxylation is 1. The number of halogens is 1. The molecule has 9 heteroatoms. The van der Waals surface area contributed by atoms with Gasteiger partial charge in [0.2, 0.25) is 0 Å². The predicted octanol–water partition coefficient (Wildman–Crippen LogP) is 2.73. The van der Waals surface area contributed by atoms with Gasteiger partial charge in [-0.25, -0.2) is 10.2 Å². The fraction of sp³-hybridized carbons (Fsp3) is 0.353. The van der Waals surface area contributed by atoms with Gasteiger partial charge in [0.05, 0.1) is 22.6 Å². The Morgan fingerprint density at radius 1 is 1.42 bits per heavy atom. The highest BCUT2D eigenvalue weighted by Gasteiger charge is 2.23. The zero-order chi connectivity index (χ0) is 19.4. The molecule has 1 aromatic carbocycles. The van der Waals surface area contributed by atoms with Gasteiger partial charge in [-0.1, -0.05) is 13.8 Å². The van der Waals surface area contributed by atoms with Crippen molar-refractivity contribution in [2.75, 3.05) is 10.3 Å². The molecule has 1 aromatic heterocycles. The molecule has 0 aliphatic carbocycles. The van der Waals surface area contributed by atoms with Gasteiger partial charge in [0.15, 0.2) is 0 Å². The molecule has 1 atom stereocenters. The van der Waals surface area contributed by atoms with Gasteiger partial charge in [0.25, 0.3) is 5.91 Å². The normalized spacial score (nSPS) is 12.1. The average molecular weight is 379 g/mol. The summed E-state index contributed by atoms with van der Waals surface area (Å²) in [5.74, 6) is 4.68. The van der Waals surface area contributed by atoms with Gasteiger partial charge in [-0.15, -0.1) is 0 Å². The van der Waals surface area contributed by atoms with E-state index < -0.39 is 17.8 Å². The number of nitrogens with one attached hydrogen (secondary N) is 1. The molecular weight excluding hydrogens is 357 g/mol. The number of carbonyl (C=O) groups excluding carboxylic acids is 2. The third kappa shape index (κ3) is 4.55. The Kier molecular flexibility index (Phi) is 6.27.